The summed E-state index contributed by atoms with van der Waals surface area (Å²) in [5.41, 5.74) is 0.691. The highest BCUT2D eigenvalue weighted by molar-refractivity contribution is 14.1. The minimum Gasteiger partial charge on any atom is -0.348 e. The van der Waals surface area contributed by atoms with Crippen molar-refractivity contribution in [2.45, 2.75) is 26.3 Å². The summed E-state index contributed by atoms with van der Waals surface area (Å²) in [6, 6.07) is 7.58. The summed E-state index contributed by atoms with van der Waals surface area (Å²) in [6.07, 6.45) is 0.902. The zero-order valence-corrected chi connectivity index (χ0v) is 13.0. The summed E-state index contributed by atoms with van der Waals surface area (Å²) >= 11 is 8.05. The fraction of sp³-hybridized carbons (Fsp3) is 0.462. The fourth-order valence-corrected chi connectivity index (χ4v) is 2.37. The topological polar surface area (TPSA) is 29.1 Å². The smallest absolute Gasteiger partial charge is 0.251 e. The summed E-state index contributed by atoms with van der Waals surface area (Å²) in [4.78, 5) is 12.0. The van der Waals surface area contributed by atoms with Crippen LogP contribution in [0.5, 0.6) is 0 Å². The van der Waals surface area contributed by atoms with Crippen LogP contribution in [0.4, 0.5) is 0 Å². The SMILES string of the molecule is CC(C)CC(CCl)NC(=O)c1cccc(I)c1. The Bertz CT molecular complexity index is 381. The average molecular weight is 366 g/mol. The van der Waals surface area contributed by atoms with Gasteiger partial charge >= 0.3 is 0 Å². The van der Waals surface area contributed by atoms with E-state index < -0.39 is 0 Å². The number of alkyl halides is 1. The van der Waals surface area contributed by atoms with Gasteiger partial charge in [-0.05, 0) is 53.1 Å². The maximum absolute atomic E-state index is 12.0. The van der Waals surface area contributed by atoms with Crippen molar-refractivity contribution in [3.63, 3.8) is 0 Å². The van der Waals surface area contributed by atoms with Gasteiger partial charge in [0.1, 0.15) is 0 Å². The lowest BCUT2D eigenvalue weighted by Crippen LogP contribution is -2.37. The fourth-order valence-electron chi connectivity index (χ4n) is 1.63. The lowest BCUT2D eigenvalue weighted by Gasteiger charge is -2.18. The molecule has 0 aromatic heterocycles. The van der Waals surface area contributed by atoms with Crippen LogP contribution >= 0.6 is 34.2 Å². The first-order valence-electron chi connectivity index (χ1n) is 5.65. The Morgan fingerprint density at radius 1 is 1.47 bits per heavy atom. The Morgan fingerprint density at radius 2 is 2.18 bits per heavy atom. The van der Waals surface area contributed by atoms with Crippen LogP contribution in [0.25, 0.3) is 0 Å². The van der Waals surface area contributed by atoms with E-state index in [-0.39, 0.29) is 11.9 Å². The quantitative estimate of drug-likeness (QED) is 0.626. The van der Waals surface area contributed by atoms with E-state index in [1.165, 1.54) is 0 Å². The lowest BCUT2D eigenvalue weighted by atomic mass is 10.0. The number of nitrogens with one attached hydrogen (secondary N) is 1. The predicted molar refractivity (Wildman–Crippen MR) is 80.6 cm³/mol. The van der Waals surface area contributed by atoms with Crippen LogP contribution in [0.2, 0.25) is 0 Å². The molecule has 1 aromatic rings. The average Bonchev–Trinajstić information content (AvgIpc) is 2.27. The number of halogens is 2. The molecular weight excluding hydrogens is 349 g/mol. The van der Waals surface area contributed by atoms with Crippen molar-refractivity contribution in [3.05, 3.63) is 33.4 Å². The van der Waals surface area contributed by atoms with Crippen molar-refractivity contribution in [1.29, 1.82) is 0 Å². The van der Waals surface area contributed by atoms with Crippen LogP contribution in [-0.4, -0.2) is 17.8 Å². The third-order valence-corrected chi connectivity index (χ3v) is 3.41. The van der Waals surface area contributed by atoms with Gasteiger partial charge < -0.3 is 5.32 Å². The van der Waals surface area contributed by atoms with Crippen molar-refractivity contribution in [3.8, 4) is 0 Å². The molecular formula is C13H17ClINO. The number of hydrogen-bond acceptors (Lipinski definition) is 1. The Hall–Kier alpha value is -0.290. The summed E-state index contributed by atoms with van der Waals surface area (Å²) in [5.74, 6) is 0.929. The molecule has 0 fully saturated rings. The molecule has 0 aliphatic carbocycles. The molecule has 1 amide bonds. The molecule has 2 nitrogen and oxygen atoms in total. The van der Waals surface area contributed by atoms with E-state index in [4.69, 9.17) is 11.6 Å². The molecule has 0 saturated carbocycles. The Balaban J connectivity index is 2.64. The van der Waals surface area contributed by atoms with Crippen LogP contribution in [0, 0.1) is 9.49 Å². The van der Waals surface area contributed by atoms with Gasteiger partial charge in [0, 0.05) is 21.1 Å². The third kappa shape index (κ3) is 5.25. The summed E-state index contributed by atoms with van der Waals surface area (Å²) < 4.78 is 1.06. The van der Waals surface area contributed by atoms with Crippen LogP contribution in [0.3, 0.4) is 0 Å². The van der Waals surface area contributed by atoms with Gasteiger partial charge in [0.25, 0.3) is 5.91 Å². The normalized spacial score (nSPS) is 12.5. The molecule has 4 heteroatoms. The number of rotatable bonds is 5. The van der Waals surface area contributed by atoms with E-state index in [9.17, 15) is 4.79 Å². The summed E-state index contributed by atoms with van der Waals surface area (Å²) in [5, 5.41) is 2.97. The zero-order chi connectivity index (χ0) is 12.8. The van der Waals surface area contributed by atoms with E-state index in [0.717, 1.165) is 9.99 Å². The van der Waals surface area contributed by atoms with Crippen LogP contribution in [-0.2, 0) is 0 Å². The molecule has 1 unspecified atom stereocenters. The molecule has 94 valence electrons. The van der Waals surface area contributed by atoms with Gasteiger partial charge in [-0.25, -0.2) is 0 Å². The molecule has 0 spiro atoms. The number of hydrogen-bond donors (Lipinski definition) is 1. The van der Waals surface area contributed by atoms with Gasteiger partial charge in [-0.15, -0.1) is 11.6 Å². The van der Waals surface area contributed by atoms with Gasteiger partial charge in [-0.1, -0.05) is 19.9 Å². The van der Waals surface area contributed by atoms with Crippen molar-refractivity contribution in [1.82, 2.24) is 5.32 Å². The minimum absolute atomic E-state index is 0.0436. The number of carbonyl (C=O) groups is 1. The van der Waals surface area contributed by atoms with Crippen molar-refractivity contribution in [2.24, 2.45) is 5.92 Å². The monoisotopic (exact) mass is 365 g/mol. The first kappa shape index (κ1) is 14.8. The van der Waals surface area contributed by atoms with Gasteiger partial charge in [-0.3, -0.25) is 4.79 Å². The first-order chi connectivity index (χ1) is 8.02. The number of amides is 1. The van der Waals surface area contributed by atoms with Crippen LogP contribution < -0.4 is 5.32 Å². The molecule has 0 saturated heterocycles. The first-order valence-corrected chi connectivity index (χ1v) is 7.26. The molecule has 0 heterocycles. The van der Waals surface area contributed by atoms with Gasteiger partial charge in [0.05, 0.1) is 0 Å². The molecule has 1 atom stereocenters. The van der Waals surface area contributed by atoms with Crippen molar-refractivity contribution in [2.75, 3.05) is 5.88 Å². The highest BCUT2D eigenvalue weighted by Crippen LogP contribution is 2.10. The molecule has 0 radical (unpaired) electrons. The highest BCUT2D eigenvalue weighted by Gasteiger charge is 2.14. The maximum atomic E-state index is 12.0. The summed E-state index contributed by atoms with van der Waals surface area (Å²) in [7, 11) is 0. The Morgan fingerprint density at radius 3 is 2.71 bits per heavy atom. The minimum atomic E-state index is -0.0465. The number of carbonyl (C=O) groups excluding carboxylic acids is 1. The molecule has 1 rings (SSSR count). The second-order valence-corrected chi connectivity index (χ2v) is 6.02. The van der Waals surface area contributed by atoms with Crippen LogP contribution in [0.1, 0.15) is 30.6 Å². The lowest BCUT2D eigenvalue weighted by molar-refractivity contribution is 0.0936. The Labute approximate surface area is 121 Å². The van der Waals surface area contributed by atoms with Gasteiger partial charge in [-0.2, -0.15) is 0 Å². The van der Waals surface area contributed by atoms with Crippen molar-refractivity contribution < 1.29 is 4.79 Å². The molecule has 17 heavy (non-hydrogen) atoms. The largest absolute Gasteiger partial charge is 0.348 e. The molecule has 1 aromatic carbocycles. The van der Waals surface area contributed by atoms with Crippen molar-refractivity contribution >= 4 is 40.1 Å². The molecule has 0 aliphatic rings. The van der Waals surface area contributed by atoms with E-state index in [1.807, 2.05) is 24.3 Å². The molecule has 0 aliphatic heterocycles. The third-order valence-electron chi connectivity index (χ3n) is 2.36. The molecule has 1 N–H and O–H groups in total. The second kappa shape index (κ2) is 7.21. The standard InChI is InChI=1S/C13H17ClINO/c1-9(2)6-12(8-14)16-13(17)10-4-3-5-11(15)7-10/h3-5,7,9,12H,6,8H2,1-2H3,(H,16,17). The van der Waals surface area contributed by atoms with Gasteiger partial charge in [0.15, 0.2) is 0 Å². The predicted octanol–water partition coefficient (Wildman–Crippen LogP) is 3.67. The maximum Gasteiger partial charge on any atom is 0.251 e. The molecule has 0 bridgehead atoms. The zero-order valence-electron chi connectivity index (χ0n) is 10.0. The number of benzene rings is 1. The van der Waals surface area contributed by atoms with Gasteiger partial charge in [0.2, 0.25) is 0 Å². The van der Waals surface area contributed by atoms with E-state index in [1.54, 1.807) is 0 Å². The van der Waals surface area contributed by atoms with E-state index in [2.05, 4.69) is 41.8 Å². The van der Waals surface area contributed by atoms with E-state index in [0.29, 0.717) is 17.4 Å². The summed E-state index contributed by atoms with van der Waals surface area (Å²) in [6.45, 7) is 4.24. The second-order valence-electron chi connectivity index (χ2n) is 4.46. The van der Waals surface area contributed by atoms with E-state index >= 15 is 0 Å². The highest BCUT2D eigenvalue weighted by atomic mass is 127. The van der Waals surface area contributed by atoms with Crippen LogP contribution in [0.15, 0.2) is 24.3 Å². The Kier molecular flexibility index (Phi) is 6.27.